The Morgan fingerprint density at radius 2 is 2.00 bits per heavy atom. The molecule has 1 atom stereocenters. The molecule has 1 aromatic rings. The number of hydrogen-bond donors (Lipinski definition) is 2. The summed E-state index contributed by atoms with van der Waals surface area (Å²) in [4.78, 5) is 0. The van der Waals surface area contributed by atoms with Crippen molar-refractivity contribution in [1.82, 2.24) is 5.32 Å². The molecular formula is C15H24N2O. The Bertz CT molecular complexity index is 438. The van der Waals surface area contributed by atoms with E-state index in [2.05, 4.69) is 31.3 Å². The van der Waals surface area contributed by atoms with Crippen LogP contribution in [0, 0.1) is 19.3 Å². The fraction of sp³-hybridized carbons (Fsp3) is 0.600. The molecule has 0 spiro atoms. The van der Waals surface area contributed by atoms with Gasteiger partial charge in [-0.2, -0.15) is 0 Å². The molecule has 2 rings (SSSR count). The normalized spacial score (nSPS) is 18.5. The van der Waals surface area contributed by atoms with Crippen LogP contribution in [0.1, 0.15) is 35.6 Å². The van der Waals surface area contributed by atoms with Gasteiger partial charge in [-0.05, 0) is 63.0 Å². The zero-order valence-corrected chi connectivity index (χ0v) is 11.8. The Labute approximate surface area is 110 Å². The van der Waals surface area contributed by atoms with E-state index in [1.807, 2.05) is 7.05 Å². The fourth-order valence-electron chi connectivity index (χ4n) is 2.91. The zero-order chi connectivity index (χ0) is 13.3. The molecular weight excluding hydrogens is 224 g/mol. The van der Waals surface area contributed by atoms with E-state index in [1.165, 1.54) is 29.5 Å². The van der Waals surface area contributed by atoms with Gasteiger partial charge in [-0.25, -0.2) is 0 Å². The Morgan fingerprint density at radius 1 is 1.33 bits per heavy atom. The van der Waals surface area contributed by atoms with Crippen LogP contribution in [0.15, 0.2) is 12.1 Å². The topological polar surface area (TPSA) is 47.3 Å². The third-order valence-electron chi connectivity index (χ3n) is 4.51. The molecule has 1 aromatic carbocycles. The molecule has 0 aromatic heterocycles. The SMILES string of the molecule is CNC(c1ccc(OC)c(C)c1C)C1(CN)CC1. The molecule has 1 fully saturated rings. The first-order valence-electron chi connectivity index (χ1n) is 6.61. The van der Waals surface area contributed by atoms with Gasteiger partial charge in [0.25, 0.3) is 0 Å². The first-order chi connectivity index (χ1) is 8.59. The average Bonchev–Trinajstić information content (AvgIpc) is 3.17. The lowest BCUT2D eigenvalue weighted by Crippen LogP contribution is -2.32. The minimum atomic E-state index is 0.264. The standard InChI is InChI=1S/C15H24N2O/c1-10-11(2)13(18-4)6-5-12(10)14(17-3)15(9-16)7-8-15/h5-6,14,17H,7-9,16H2,1-4H3. The molecule has 3 nitrogen and oxygen atoms in total. The highest BCUT2D eigenvalue weighted by Crippen LogP contribution is 2.54. The molecule has 3 heteroatoms. The minimum absolute atomic E-state index is 0.264. The third-order valence-corrected chi connectivity index (χ3v) is 4.51. The van der Waals surface area contributed by atoms with Crippen LogP contribution in [0.25, 0.3) is 0 Å². The largest absolute Gasteiger partial charge is 0.496 e. The number of rotatable bonds is 5. The Kier molecular flexibility index (Phi) is 3.64. The van der Waals surface area contributed by atoms with Gasteiger partial charge in [-0.3, -0.25) is 0 Å². The smallest absolute Gasteiger partial charge is 0.122 e. The summed E-state index contributed by atoms with van der Waals surface area (Å²) in [6, 6.07) is 4.60. The van der Waals surface area contributed by atoms with E-state index in [0.29, 0.717) is 6.04 Å². The maximum atomic E-state index is 5.96. The Hall–Kier alpha value is -1.06. The number of nitrogens with one attached hydrogen (secondary N) is 1. The van der Waals surface area contributed by atoms with Crippen molar-refractivity contribution in [2.75, 3.05) is 20.7 Å². The van der Waals surface area contributed by atoms with Gasteiger partial charge in [-0.1, -0.05) is 6.07 Å². The molecule has 0 saturated heterocycles. The molecule has 0 aliphatic heterocycles. The molecule has 100 valence electrons. The highest BCUT2D eigenvalue weighted by molar-refractivity contribution is 5.45. The summed E-state index contributed by atoms with van der Waals surface area (Å²) >= 11 is 0. The highest BCUT2D eigenvalue weighted by atomic mass is 16.5. The number of nitrogens with two attached hydrogens (primary N) is 1. The van der Waals surface area contributed by atoms with Crippen molar-refractivity contribution in [3.8, 4) is 5.75 Å². The van der Waals surface area contributed by atoms with Gasteiger partial charge in [0.05, 0.1) is 7.11 Å². The molecule has 1 aliphatic carbocycles. The fourth-order valence-corrected chi connectivity index (χ4v) is 2.91. The minimum Gasteiger partial charge on any atom is -0.496 e. The van der Waals surface area contributed by atoms with Crippen LogP contribution < -0.4 is 15.8 Å². The molecule has 18 heavy (non-hydrogen) atoms. The predicted molar refractivity (Wildman–Crippen MR) is 75.0 cm³/mol. The lowest BCUT2D eigenvalue weighted by atomic mass is 9.86. The number of ether oxygens (including phenoxy) is 1. The van der Waals surface area contributed by atoms with Crippen molar-refractivity contribution in [3.05, 3.63) is 28.8 Å². The van der Waals surface area contributed by atoms with Crippen LogP contribution in [0.3, 0.4) is 0 Å². The van der Waals surface area contributed by atoms with Crippen molar-refractivity contribution in [1.29, 1.82) is 0 Å². The van der Waals surface area contributed by atoms with E-state index < -0.39 is 0 Å². The van der Waals surface area contributed by atoms with Crippen LogP contribution in [0.4, 0.5) is 0 Å². The quantitative estimate of drug-likeness (QED) is 0.840. The van der Waals surface area contributed by atoms with Gasteiger partial charge in [0.1, 0.15) is 5.75 Å². The van der Waals surface area contributed by atoms with Gasteiger partial charge in [0.15, 0.2) is 0 Å². The van der Waals surface area contributed by atoms with E-state index >= 15 is 0 Å². The molecule has 1 aliphatic rings. The van der Waals surface area contributed by atoms with Gasteiger partial charge in [0, 0.05) is 11.5 Å². The van der Waals surface area contributed by atoms with Gasteiger partial charge in [0.2, 0.25) is 0 Å². The van der Waals surface area contributed by atoms with Crippen molar-refractivity contribution >= 4 is 0 Å². The molecule has 1 saturated carbocycles. The Balaban J connectivity index is 2.41. The van der Waals surface area contributed by atoms with Crippen LogP contribution in [0.2, 0.25) is 0 Å². The zero-order valence-electron chi connectivity index (χ0n) is 11.8. The van der Waals surface area contributed by atoms with Crippen LogP contribution in [-0.4, -0.2) is 20.7 Å². The summed E-state index contributed by atoms with van der Waals surface area (Å²) in [6.45, 7) is 5.04. The lowest BCUT2D eigenvalue weighted by Gasteiger charge is -2.28. The number of hydrogen-bond acceptors (Lipinski definition) is 3. The van der Waals surface area contributed by atoms with Crippen molar-refractivity contribution in [3.63, 3.8) is 0 Å². The summed E-state index contributed by atoms with van der Waals surface area (Å²) in [7, 11) is 3.75. The van der Waals surface area contributed by atoms with Gasteiger partial charge < -0.3 is 15.8 Å². The van der Waals surface area contributed by atoms with Crippen molar-refractivity contribution in [2.24, 2.45) is 11.1 Å². The summed E-state index contributed by atoms with van der Waals surface area (Å²) in [5.41, 5.74) is 10.1. The summed E-state index contributed by atoms with van der Waals surface area (Å²) < 4.78 is 5.38. The first-order valence-corrected chi connectivity index (χ1v) is 6.61. The van der Waals surface area contributed by atoms with Crippen LogP contribution in [-0.2, 0) is 0 Å². The highest BCUT2D eigenvalue weighted by Gasteiger charge is 2.48. The Morgan fingerprint density at radius 3 is 2.44 bits per heavy atom. The van der Waals surface area contributed by atoms with Crippen LogP contribution in [0.5, 0.6) is 5.75 Å². The van der Waals surface area contributed by atoms with Crippen molar-refractivity contribution in [2.45, 2.75) is 32.7 Å². The van der Waals surface area contributed by atoms with E-state index in [-0.39, 0.29) is 5.41 Å². The third kappa shape index (κ3) is 2.02. The summed E-state index contributed by atoms with van der Waals surface area (Å²) in [6.07, 6.45) is 2.44. The molecule has 3 N–H and O–H groups in total. The molecule has 0 bridgehead atoms. The monoisotopic (exact) mass is 248 g/mol. The van der Waals surface area contributed by atoms with Crippen LogP contribution >= 0.6 is 0 Å². The summed E-state index contributed by atoms with van der Waals surface area (Å²) in [5, 5.41) is 3.46. The van der Waals surface area contributed by atoms with E-state index in [9.17, 15) is 0 Å². The lowest BCUT2D eigenvalue weighted by molar-refractivity contribution is 0.364. The molecule has 0 amide bonds. The van der Waals surface area contributed by atoms with E-state index in [1.54, 1.807) is 7.11 Å². The van der Waals surface area contributed by atoms with E-state index in [4.69, 9.17) is 10.5 Å². The molecule has 0 radical (unpaired) electrons. The van der Waals surface area contributed by atoms with Gasteiger partial charge in [-0.15, -0.1) is 0 Å². The summed E-state index contributed by atoms with van der Waals surface area (Å²) in [5.74, 6) is 0.962. The predicted octanol–water partition coefficient (Wildman–Crippen LogP) is 2.31. The second-order valence-corrected chi connectivity index (χ2v) is 5.40. The maximum Gasteiger partial charge on any atom is 0.122 e. The number of methoxy groups -OCH3 is 1. The maximum absolute atomic E-state index is 5.96. The second kappa shape index (κ2) is 4.90. The molecule has 0 heterocycles. The molecule has 1 unspecified atom stereocenters. The van der Waals surface area contributed by atoms with Crippen molar-refractivity contribution < 1.29 is 4.74 Å². The second-order valence-electron chi connectivity index (χ2n) is 5.40. The number of benzene rings is 1. The van der Waals surface area contributed by atoms with Gasteiger partial charge >= 0.3 is 0 Å². The van der Waals surface area contributed by atoms with E-state index in [0.717, 1.165) is 12.3 Å². The average molecular weight is 248 g/mol. The first kappa shape index (κ1) is 13.4.